The minimum atomic E-state index is -0.619. The molecule has 2 aromatic heterocycles. The van der Waals surface area contributed by atoms with Gasteiger partial charge in [-0.05, 0) is 38.5 Å². The van der Waals surface area contributed by atoms with Crippen molar-refractivity contribution in [3.05, 3.63) is 56.4 Å². The lowest BCUT2D eigenvalue weighted by Crippen LogP contribution is -2.25. The average Bonchev–Trinajstić information content (AvgIpc) is 2.80. The molecule has 0 fully saturated rings. The molecule has 0 aliphatic heterocycles. The molecule has 0 saturated heterocycles. The zero-order valence-electron chi connectivity index (χ0n) is 11.7. The first kappa shape index (κ1) is 13.8. The average molecular weight is 307 g/mol. The number of benzene rings is 1. The van der Waals surface area contributed by atoms with E-state index >= 15 is 0 Å². The van der Waals surface area contributed by atoms with Crippen LogP contribution in [0.1, 0.15) is 16.9 Å². The molecule has 0 radical (unpaired) electrons. The first-order valence-electron chi connectivity index (χ1n) is 6.34. The third-order valence-electron chi connectivity index (χ3n) is 3.49. The molecule has 0 spiro atoms. The Bertz CT molecular complexity index is 928. The van der Waals surface area contributed by atoms with Gasteiger partial charge in [-0.2, -0.15) is 9.78 Å². The summed E-state index contributed by atoms with van der Waals surface area (Å²) in [6.45, 7) is 5.19. The quantitative estimate of drug-likeness (QED) is 0.689. The van der Waals surface area contributed by atoms with Crippen LogP contribution in [0.25, 0.3) is 16.7 Å². The number of furan rings is 1. The van der Waals surface area contributed by atoms with Crippen LogP contribution in [0.3, 0.4) is 0 Å². The van der Waals surface area contributed by atoms with Gasteiger partial charge in [-0.15, -0.1) is 0 Å². The fourth-order valence-electron chi connectivity index (χ4n) is 2.24. The minimum absolute atomic E-state index is 0.0550. The molecular formula is C15H12ClFN2O2. The van der Waals surface area contributed by atoms with Crippen molar-refractivity contribution in [2.75, 3.05) is 0 Å². The van der Waals surface area contributed by atoms with Gasteiger partial charge in [0.1, 0.15) is 11.4 Å². The molecule has 0 aliphatic carbocycles. The maximum atomic E-state index is 14.4. The zero-order valence-corrected chi connectivity index (χ0v) is 12.5. The SMILES string of the molecule is Cc1cc2c(-n3ncc(C)c(C)c3=O)c(F)cc(Cl)c2o1. The first-order valence-corrected chi connectivity index (χ1v) is 6.72. The molecule has 108 valence electrons. The van der Waals surface area contributed by atoms with Crippen LogP contribution in [-0.4, -0.2) is 9.78 Å². The smallest absolute Gasteiger partial charge is 0.274 e. The van der Waals surface area contributed by atoms with Gasteiger partial charge >= 0.3 is 0 Å². The van der Waals surface area contributed by atoms with Gasteiger partial charge in [0, 0.05) is 5.56 Å². The summed E-state index contributed by atoms with van der Waals surface area (Å²) in [5, 5.41) is 4.63. The molecule has 0 N–H and O–H groups in total. The fourth-order valence-corrected chi connectivity index (χ4v) is 2.47. The summed E-state index contributed by atoms with van der Waals surface area (Å²) in [6.07, 6.45) is 1.53. The van der Waals surface area contributed by atoms with Crippen molar-refractivity contribution in [3.8, 4) is 5.69 Å². The Kier molecular flexibility index (Phi) is 3.10. The van der Waals surface area contributed by atoms with Gasteiger partial charge in [0.15, 0.2) is 11.4 Å². The number of hydrogen-bond acceptors (Lipinski definition) is 3. The molecule has 0 atom stereocenters. The van der Waals surface area contributed by atoms with Crippen molar-refractivity contribution in [1.29, 1.82) is 0 Å². The second-order valence-corrected chi connectivity index (χ2v) is 5.37. The van der Waals surface area contributed by atoms with Gasteiger partial charge in [0.2, 0.25) is 0 Å². The number of nitrogens with zero attached hydrogens (tertiary/aromatic N) is 2. The normalized spacial score (nSPS) is 11.3. The number of aryl methyl sites for hydroxylation is 2. The van der Waals surface area contributed by atoms with E-state index in [1.807, 2.05) is 0 Å². The van der Waals surface area contributed by atoms with Gasteiger partial charge in [0.05, 0.1) is 16.6 Å². The summed E-state index contributed by atoms with van der Waals surface area (Å²) >= 11 is 5.99. The summed E-state index contributed by atoms with van der Waals surface area (Å²) in [7, 11) is 0. The van der Waals surface area contributed by atoms with Crippen molar-refractivity contribution < 1.29 is 8.81 Å². The molecule has 6 heteroatoms. The molecule has 3 aromatic rings. The maximum absolute atomic E-state index is 14.4. The highest BCUT2D eigenvalue weighted by Gasteiger charge is 2.19. The zero-order chi connectivity index (χ0) is 15.3. The van der Waals surface area contributed by atoms with E-state index in [9.17, 15) is 9.18 Å². The van der Waals surface area contributed by atoms with Crippen molar-refractivity contribution >= 4 is 22.6 Å². The van der Waals surface area contributed by atoms with Crippen molar-refractivity contribution in [1.82, 2.24) is 9.78 Å². The van der Waals surface area contributed by atoms with Crippen LogP contribution in [0.15, 0.2) is 27.5 Å². The lowest BCUT2D eigenvalue weighted by atomic mass is 10.2. The van der Waals surface area contributed by atoms with E-state index in [2.05, 4.69) is 5.10 Å². The van der Waals surface area contributed by atoms with Crippen LogP contribution in [0.4, 0.5) is 4.39 Å². The predicted molar refractivity (Wildman–Crippen MR) is 78.8 cm³/mol. The standard InChI is InChI=1S/C15H12ClFN2O2/c1-7-6-18-19(15(20)9(7)3)13-10-4-8(2)21-14(10)11(16)5-12(13)17/h4-6H,1-3H3. The molecule has 21 heavy (non-hydrogen) atoms. The number of rotatable bonds is 1. The largest absolute Gasteiger partial charge is 0.460 e. The molecule has 0 aliphatic rings. The molecule has 2 heterocycles. The van der Waals surface area contributed by atoms with E-state index in [1.165, 1.54) is 6.20 Å². The molecule has 0 bridgehead atoms. The Morgan fingerprint density at radius 1 is 1.29 bits per heavy atom. The molecule has 3 rings (SSSR count). The van der Waals surface area contributed by atoms with Crippen LogP contribution in [0, 0.1) is 26.6 Å². The van der Waals surface area contributed by atoms with Gasteiger partial charge in [-0.1, -0.05) is 11.6 Å². The molecule has 0 saturated carbocycles. The highest BCUT2D eigenvalue weighted by atomic mass is 35.5. The Morgan fingerprint density at radius 2 is 2.00 bits per heavy atom. The Balaban J connectivity index is 2.46. The summed E-state index contributed by atoms with van der Waals surface area (Å²) in [4.78, 5) is 12.3. The van der Waals surface area contributed by atoms with Gasteiger partial charge in [0.25, 0.3) is 5.56 Å². The number of hydrogen-bond donors (Lipinski definition) is 0. The van der Waals surface area contributed by atoms with Crippen LogP contribution in [-0.2, 0) is 0 Å². The lowest BCUT2D eigenvalue weighted by molar-refractivity contribution is 0.575. The van der Waals surface area contributed by atoms with Crippen LogP contribution < -0.4 is 5.56 Å². The Labute approximate surface area is 124 Å². The second kappa shape index (κ2) is 4.70. The molecule has 1 aromatic carbocycles. The Hall–Kier alpha value is -2.14. The summed E-state index contributed by atoms with van der Waals surface area (Å²) in [5.41, 5.74) is 1.31. The van der Waals surface area contributed by atoms with Crippen molar-refractivity contribution in [2.24, 2.45) is 0 Å². The van der Waals surface area contributed by atoms with Crippen LogP contribution in [0.2, 0.25) is 5.02 Å². The monoisotopic (exact) mass is 306 g/mol. The van der Waals surface area contributed by atoms with E-state index in [1.54, 1.807) is 26.8 Å². The fraction of sp³-hybridized carbons (Fsp3) is 0.200. The number of aromatic nitrogens is 2. The molecule has 4 nitrogen and oxygen atoms in total. The van der Waals surface area contributed by atoms with Gasteiger partial charge in [-0.25, -0.2) is 4.39 Å². The predicted octanol–water partition coefficient (Wildman–Crippen LogP) is 3.70. The van der Waals surface area contributed by atoms with Crippen LogP contribution >= 0.6 is 11.6 Å². The lowest BCUT2D eigenvalue weighted by Gasteiger charge is -2.09. The molecular weight excluding hydrogens is 295 g/mol. The highest BCUT2D eigenvalue weighted by molar-refractivity contribution is 6.35. The van der Waals surface area contributed by atoms with E-state index < -0.39 is 5.82 Å². The Morgan fingerprint density at radius 3 is 2.71 bits per heavy atom. The third kappa shape index (κ3) is 2.05. The highest BCUT2D eigenvalue weighted by Crippen LogP contribution is 2.33. The maximum Gasteiger partial charge on any atom is 0.274 e. The number of fused-ring (bicyclic) bond motifs is 1. The second-order valence-electron chi connectivity index (χ2n) is 4.96. The summed E-state index contributed by atoms with van der Waals surface area (Å²) in [5.74, 6) is -0.0400. The van der Waals surface area contributed by atoms with E-state index in [-0.39, 0.29) is 16.3 Å². The number of halogens is 2. The molecule has 0 unspecified atom stereocenters. The third-order valence-corrected chi connectivity index (χ3v) is 3.77. The molecule has 0 amide bonds. The summed E-state index contributed by atoms with van der Waals surface area (Å²) in [6, 6.07) is 2.77. The van der Waals surface area contributed by atoms with Crippen molar-refractivity contribution in [3.63, 3.8) is 0 Å². The van der Waals surface area contributed by atoms with Crippen molar-refractivity contribution in [2.45, 2.75) is 20.8 Å². The van der Waals surface area contributed by atoms with Crippen LogP contribution in [0.5, 0.6) is 0 Å². The van der Waals surface area contributed by atoms with E-state index in [0.29, 0.717) is 22.3 Å². The summed E-state index contributed by atoms with van der Waals surface area (Å²) < 4.78 is 20.9. The van der Waals surface area contributed by atoms with Gasteiger partial charge < -0.3 is 4.42 Å². The van der Waals surface area contributed by atoms with E-state index in [4.69, 9.17) is 16.0 Å². The minimum Gasteiger partial charge on any atom is -0.460 e. The van der Waals surface area contributed by atoms with Gasteiger partial charge in [-0.3, -0.25) is 4.79 Å². The first-order chi connectivity index (χ1) is 9.90. The van der Waals surface area contributed by atoms with E-state index in [0.717, 1.165) is 16.3 Å². The topological polar surface area (TPSA) is 48.0 Å².